The Bertz CT molecular complexity index is 835. The molecular formula is C19H18N2O5. The molecule has 3 rings (SSSR count). The summed E-state index contributed by atoms with van der Waals surface area (Å²) in [6, 6.07) is 15.8. The Balaban J connectivity index is 1.89. The number of carbonyl (C=O) groups excluding carboxylic acids is 2. The minimum absolute atomic E-state index is 0.221. The number of amides is 3. The molecule has 0 unspecified atom stereocenters. The maximum atomic E-state index is 12.3. The van der Waals surface area contributed by atoms with Crippen molar-refractivity contribution < 1.29 is 24.6 Å². The van der Waals surface area contributed by atoms with Gasteiger partial charge < -0.3 is 15.5 Å². The molecule has 2 aromatic rings. The summed E-state index contributed by atoms with van der Waals surface area (Å²) in [4.78, 5) is 34.8. The lowest BCUT2D eigenvalue weighted by atomic mass is 9.83. The van der Waals surface area contributed by atoms with Crippen LogP contribution in [0.4, 0.5) is 4.79 Å². The van der Waals surface area contributed by atoms with Gasteiger partial charge in [-0.2, -0.15) is 0 Å². The van der Waals surface area contributed by atoms with E-state index in [9.17, 15) is 19.5 Å². The zero-order chi connectivity index (χ0) is 18.7. The van der Waals surface area contributed by atoms with Gasteiger partial charge in [-0.3, -0.25) is 14.9 Å². The third-order valence-corrected chi connectivity index (χ3v) is 4.50. The van der Waals surface area contributed by atoms with Gasteiger partial charge in [-0.15, -0.1) is 0 Å². The van der Waals surface area contributed by atoms with Crippen molar-refractivity contribution >= 4 is 17.9 Å². The average molecular weight is 354 g/mol. The summed E-state index contributed by atoms with van der Waals surface area (Å²) in [7, 11) is 0. The van der Waals surface area contributed by atoms with Crippen molar-refractivity contribution in [2.45, 2.75) is 24.5 Å². The Morgan fingerprint density at radius 3 is 2.15 bits per heavy atom. The highest BCUT2D eigenvalue weighted by atomic mass is 16.4. The average Bonchev–Trinajstić information content (AvgIpc) is 2.94. The van der Waals surface area contributed by atoms with Gasteiger partial charge in [-0.1, -0.05) is 54.6 Å². The summed E-state index contributed by atoms with van der Waals surface area (Å²) >= 11 is 0. The highest BCUT2D eigenvalue weighted by Crippen LogP contribution is 2.34. The smallest absolute Gasteiger partial charge is 0.322 e. The number of imide groups is 1. The van der Waals surface area contributed by atoms with Crippen LogP contribution in [0.5, 0.6) is 0 Å². The number of hydrogen-bond donors (Lipinski definition) is 4. The van der Waals surface area contributed by atoms with E-state index in [2.05, 4.69) is 10.6 Å². The molecule has 0 saturated carbocycles. The normalized spacial score (nSPS) is 20.3. The van der Waals surface area contributed by atoms with E-state index in [1.54, 1.807) is 24.3 Å². The summed E-state index contributed by atoms with van der Waals surface area (Å²) in [5, 5.41) is 24.2. The van der Waals surface area contributed by atoms with Crippen LogP contribution in [0.25, 0.3) is 11.1 Å². The van der Waals surface area contributed by atoms with Gasteiger partial charge in [0.1, 0.15) is 6.10 Å². The molecule has 1 heterocycles. The molecule has 3 amide bonds. The van der Waals surface area contributed by atoms with Crippen molar-refractivity contribution in [3.63, 3.8) is 0 Å². The Morgan fingerprint density at radius 1 is 1.00 bits per heavy atom. The molecule has 134 valence electrons. The van der Waals surface area contributed by atoms with Crippen LogP contribution in [0.1, 0.15) is 24.5 Å². The number of hydrogen-bond acceptors (Lipinski definition) is 4. The van der Waals surface area contributed by atoms with Crippen molar-refractivity contribution in [1.82, 2.24) is 10.6 Å². The second-order valence-corrected chi connectivity index (χ2v) is 6.16. The molecule has 4 N–H and O–H groups in total. The summed E-state index contributed by atoms with van der Waals surface area (Å²) in [6.45, 7) is 0. The molecule has 2 atom stereocenters. The number of nitrogens with one attached hydrogen (secondary N) is 2. The third kappa shape index (κ3) is 3.29. The zero-order valence-electron chi connectivity index (χ0n) is 13.8. The molecular weight excluding hydrogens is 336 g/mol. The fourth-order valence-electron chi connectivity index (χ4n) is 3.09. The van der Waals surface area contributed by atoms with Gasteiger partial charge in [0.25, 0.3) is 5.91 Å². The number of carboxylic acids is 1. The highest BCUT2D eigenvalue weighted by molar-refractivity contribution is 6.07. The number of benzene rings is 2. The molecule has 0 bridgehead atoms. The number of carbonyl (C=O) groups is 3. The van der Waals surface area contributed by atoms with Gasteiger partial charge in [-0.05, 0) is 23.1 Å². The van der Waals surface area contributed by atoms with Crippen LogP contribution in [-0.4, -0.2) is 33.7 Å². The Hall–Kier alpha value is -3.19. The Labute approximate surface area is 149 Å². The minimum Gasteiger partial charge on any atom is -0.481 e. The topological polar surface area (TPSA) is 116 Å². The molecule has 7 heteroatoms. The second-order valence-electron chi connectivity index (χ2n) is 6.16. The lowest BCUT2D eigenvalue weighted by molar-refractivity contribution is -0.138. The number of aliphatic hydroxyl groups excluding tert-OH is 1. The lowest BCUT2D eigenvalue weighted by Crippen LogP contribution is -2.52. The van der Waals surface area contributed by atoms with Crippen LogP contribution in [-0.2, 0) is 9.59 Å². The quantitative estimate of drug-likeness (QED) is 0.591. The number of aliphatic hydroxyl groups is 1. The first-order valence-electron chi connectivity index (χ1n) is 8.11. The molecule has 0 radical (unpaired) electrons. The minimum atomic E-state index is -1.70. The van der Waals surface area contributed by atoms with Crippen molar-refractivity contribution in [2.24, 2.45) is 0 Å². The van der Waals surface area contributed by atoms with Gasteiger partial charge >= 0.3 is 12.0 Å². The van der Waals surface area contributed by atoms with Gasteiger partial charge in [0.15, 0.2) is 5.54 Å². The van der Waals surface area contributed by atoms with Gasteiger partial charge in [0.2, 0.25) is 0 Å². The molecule has 7 nitrogen and oxygen atoms in total. The number of rotatable bonds is 6. The molecule has 1 saturated heterocycles. The maximum Gasteiger partial charge on any atom is 0.322 e. The predicted octanol–water partition coefficient (Wildman–Crippen LogP) is 1.83. The highest BCUT2D eigenvalue weighted by Gasteiger charge is 2.52. The fraction of sp³-hybridized carbons (Fsp3) is 0.211. The van der Waals surface area contributed by atoms with Crippen LogP contribution >= 0.6 is 0 Å². The standard InChI is InChI=1S/C19H18N2O5/c22-15(23)10-11-19(17(25)20-18(26)21-19)16(24)14-8-6-13(7-9-14)12-4-2-1-3-5-12/h1-9,16,24H,10-11H2,(H,22,23)(H2,20,21,25,26)/t16-,19-/m1/s1. The predicted molar refractivity (Wildman–Crippen MR) is 93.1 cm³/mol. The number of urea groups is 1. The van der Waals surface area contributed by atoms with E-state index in [0.29, 0.717) is 5.56 Å². The summed E-state index contributed by atoms with van der Waals surface area (Å²) in [6.07, 6.45) is -1.97. The molecule has 26 heavy (non-hydrogen) atoms. The number of aliphatic carboxylic acids is 1. The van der Waals surface area contributed by atoms with E-state index < -0.39 is 29.6 Å². The Kier molecular flexibility index (Phi) is 4.73. The summed E-state index contributed by atoms with van der Waals surface area (Å²) in [5.74, 6) is -1.85. The number of carboxylic acid groups (broad SMARTS) is 1. The lowest BCUT2D eigenvalue weighted by Gasteiger charge is -2.31. The third-order valence-electron chi connectivity index (χ3n) is 4.50. The molecule has 0 spiro atoms. The monoisotopic (exact) mass is 354 g/mol. The van der Waals surface area contributed by atoms with Crippen molar-refractivity contribution in [2.75, 3.05) is 0 Å². The zero-order valence-corrected chi connectivity index (χ0v) is 13.8. The van der Waals surface area contributed by atoms with Gasteiger partial charge in [0, 0.05) is 6.42 Å². The van der Waals surface area contributed by atoms with Crippen molar-refractivity contribution in [1.29, 1.82) is 0 Å². The van der Waals surface area contributed by atoms with E-state index in [1.165, 1.54) is 0 Å². The maximum absolute atomic E-state index is 12.3. The first-order valence-corrected chi connectivity index (χ1v) is 8.11. The van der Waals surface area contributed by atoms with E-state index in [1.807, 2.05) is 30.3 Å². The first kappa shape index (κ1) is 17.6. The van der Waals surface area contributed by atoms with Crippen molar-refractivity contribution in [3.05, 3.63) is 60.2 Å². The summed E-state index contributed by atoms with van der Waals surface area (Å²) < 4.78 is 0. The molecule has 2 aromatic carbocycles. The van der Waals surface area contributed by atoms with Crippen LogP contribution in [0.2, 0.25) is 0 Å². The molecule has 1 fully saturated rings. The van der Waals surface area contributed by atoms with E-state index >= 15 is 0 Å². The van der Waals surface area contributed by atoms with Crippen LogP contribution in [0.15, 0.2) is 54.6 Å². The van der Waals surface area contributed by atoms with Crippen LogP contribution < -0.4 is 10.6 Å². The molecule has 0 aromatic heterocycles. The van der Waals surface area contributed by atoms with Gasteiger partial charge in [-0.25, -0.2) is 4.79 Å². The fourth-order valence-corrected chi connectivity index (χ4v) is 3.09. The van der Waals surface area contributed by atoms with Crippen LogP contribution in [0.3, 0.4) is 0 Å². The summed E-state index contributed by atoms with van der Waals surface area (Å²) in [5.41, 5.74) is 0.638. The molecule has 0 aliphatic carbocycles. The Morgan fingerprint density at radius 2 is 1.62 bits per heavy atom. The molecule has 1 aliphatic rings. The van der Waals surface area contributed by atoms with E-state index in [0.717, 1.165) is 11.1 Å². The molecule has 1 aliphatic heterocycles. The van der Waals surface area contributed by atoms with Crippen LogP contribution in [0, 0.1) is 0 Å². The second kappa shape index (κ2) is 6.97. The van der Waals surface area contributed by atoms with Crippen molar-refractivity contribution in [3.8, 4) is 11.1 Å². The van der Waals surface area contributed by atoms with E-state index in [4.69, 9.17) is 5.11 Å². The first-order chi connectivity index (χ1) is 12.4. The van der Waals surface area contributed by atoms with Gasteiger partial charge in [0.05, 0.1) is 0 Å². The van der Waals surface area contributed by atoms with E-state index in [-0.39, 0.29) is 12.8 Å². The largest absolute Gasteiger partial charge is 0.481 e. The SMILES string of the molecule is O=C(O)CC[C@]1([C@H](O)c2ccc(-c3ccccc3)cc2)NC(=O)NC1=O.